The molecule has 1 atom stereocenters. The van der Waals surface area contributed by atoms with Gasteiger partial charge >= 0.3 is 8.80 Å². The van der Waals surface area contributed by atoms with Crippen LogP contribution in [-0.2, 0) is 22.8 Å². The molecule has 160 valence electrons. The van der Waals surface area contributed by atoms with Crippen molar-refractivity contribution >= 4 is 14.7 Å². The van der Waals surface area contributed by atoms with Crippen molar-refractivity contribution in [1.82, 2.24) is 5.32 Å². The number of carbonyl (C=O) groups excluding carboxylic acids is 1. The zero-order valence-corrected chi connectivity index (χ0v) is 18.9. The van der Waals surface area contributed by atoms with Crippen molar-refractivity contribution in [2.24, 2.45) is 0 Å². The van der Waals surface area contributed by atoms with Crippen molar-refractivity contribution < 1.29 is 32.4 Å². The van der Waals surface area contributed by atoms with E-state index >= 15 is 0 Å². The molecule has 0 aliphatic heterocycles. The standard InChI is InChI=1S/C18H38N2O6Si/c1-16(2)18(22)19-10-8-11-20(3,4)14-17(21)15-26-12-9-13-27(23-5,24-6)25-7/h17,21H,1,8-15H2,2-7H3/p+1. The molecule has 1 unspecified atom stereocenters. The lowest BCUT2D eigenvalue weighted by Gasteiger charge is -2.32. The Morgan fingerprint density at radius 2 is 1.78 bits per heavy atom. The van der Waals surface area contributed by atoms with Crippen LogP contribution in [0.4, 0.5) is 0 Å². The molecule has 0 aromatic carbocycles. The van der Waals surface area contributed by atoms with Crippen LogP contribution in [0.1, 0.15) is 19.8 Å². The molecule has 0 aromatic heterocycles. The summed E-state index contributed by atoms with van der Waals surface area (Å²) in [5.74, 6) is -0.115. The fourth-order valence-electron chi connectivity index (χ4n) is 2.74. The normalized spacial score (nSPS) is 13.4. The number of likely N-dealkylation sites (N-methyl/N-ethyl adjacent to an activating group) is 1. The molecule has 8 nitrogen and oxygen atoms in total. The largest absolute Gasteiger partial charge is 0.500 e. The molecule has 0 bridgehead atoms. The van der Waals surface area contributed by atoms with E-state index in [0.29, 0.717) is 35.8 Å². The summed E-state index contributed by atoms with van der Waals surface area (Å²) in [5.41, 5.74) is 0.512. The highest BCUT2D eigenvalue weighted by Crippen LogP contribution is 2.14. The number of aliphatic hydroxyl groups excluding tert-OH is 1. The number of hydrogen-bond acceptors (Lipinski definition) is 6. The van der Waals surface area contributed by atoms with Gasteiger partial charge in [0.25, 0.3) is 0 Å². The van der Waals surface area contributed by atoms with E-state index in [4.69, 9.17) is 18.0 Å². The molecule has 0 spiro atoms. The zero-order valence-electron chi connectivity index (χ0n) is 17.9. The average molecular weight is 408 g/mol. The van der Waals surface area contributed by atoms with Crippen molar-refractivity contribution in [3.63, 3.8) is 0 Å². The van der Waals surface area contributed by atoms with Crippen molar-refractivity contribution in [1.29, 1.82) is 0 Å². The fourth-order valence-corrected chi connectivity index (χ4v) is 4.43. The number of ether oxygens (including phenoxy) is 1. The molecule has 0 aliphatic rings. The number of carbonyl (C=O) groups is 1. The first-order valence-corrected chi connectivity index (χ1v) is 11.2. The first-order valence-electron chi connectivity index (χ1n) is 9.28. The molecular weight excluding hydrogens is 368 g/mol. The van der Waals surface area contributed by atoms with E-state index in [-0.39, 0.29) is 12.5 Å². The lowest BCUT2D eigenvalue weighted by Crippen LogP contribution is -2.48. The molecule has 0 radical (unpaired) electrons. The van der Waals surface area contributed by atoms with Crippen LogP contribution in [0.2, 0.25) is 6.04 Å². The van der Waals surface area contributed by atoms with Crippen molar-refractivity contribution in [3.05, 3.63) is 12.2 Å². The highest BCUT2D eigenvalue weighted by Gasteiger charge is 2.36. The van der Waals surface area contributed by atoms with Gasteiger partial charge < -0.3 is 32.9 Å². The highest BCUT2D eigenvalue weighted by molar-refractivity contribution is 6.60. The Labute approximate surface area is 165 Å². The van der Waals surface area contributed by atoms with Gasteiger partial charge in [-0.15, -0.1) is 0 Å². The van der Waals surface area contributed by atoms with E-state index in [1.807, 2.05) is 0 Å². The Morgan fingerprint density at radius 3 is 2.30 bits per heavy atom. The second-order valence-electron chi connectivity index (χ2n) is 7.36. The number of nitrogens with one attached hydrogen (secondary N) is 1. The van der Waals surface area contributed by atoms with Gasteiger partial charge in [0.2, 0.25) is 5.91 Å². The lowest BCUT2D eigenvalue weighted by atomic mass is 10.2. The second-order valence-corrected chi connectivity index (χ2v) is 10.5. The molecular formula is C18H39N2O6Si+. The van der Waals surface area contributed by atoms with Gasteiger partial charge in [-0.05, 0) is 13.3 Å². The highest BCUT2D eigenvalue weighted by atomic mass is 28.4. The van der Waals surface area contributed by atoms with Gasteiger partial charge in [0.05, 0.1) is 27.2 Å². The van der Waals surface area contributed by atoms with E-state index in [1.165, 1.54) is 0 Å². The molecule has 9 heteroatoms. The number of aliphatic hydroxyl groups is 1. The monoisotopic (exact) mass is 407 g/mol. The first kappa shape index (κ1) is 26.2. The third-order valence-corrected chi connectivity index (χ3v) is 7.17. The molecule has 0 aliphatic carbocycles. The van der Waals surface area contributed by atoms with Crippen molar-refractivity contribution in [2.75, 3.05) is 68.3 Å². The maximum Gasteiger partial charge on any atom is 0.500 e. The van der Waals surface area contributed by atoms with E-state index in [1.54, 1.807) is 28.3 Å². The third kappa shape index (κ3) is 11.6. The van der Waals surface area contributed by atoms with Crippen LogP contribution in [0.15, 0.2) is 12.2 Å². The predicted molar refractivity (Wildman–Crippen MR) is 107 cm³/mol. The van der Waals surface area contributed by atoms with Gasteiger partial charge in [0, 0.05) is 52.5 Å². The maximum atomic E-state index is 11.4. The molecule has 0 heterocycles. The van der Waals surface area contributed by atoms with Crippen LogP contribution < -0.4 is 5.32 Å². The topological polar surface area (TPSA) is 86.3 Å². The molecule has 2 N–H and O–H groups in total. The summed E-state index contributed by atoms with van der Waals surface area (Å²) in [5, 5.41) is 13.0. The number of quaternary nitrogens is 1. The summed E-state index contributed by atoms with van der Waals surface area (Å²) in [4.78, 5) is 11.4. The third-order valence-electron chi connectivity index (χ3n) is 4.33. The summed E-state index contributed by atoms with van der Waals surface area (Å²) in [6.45, 7) is 8.13. The van der Waals surface area contributed by atoms with E-state index in [2.05, 4.69) is 26.0 Å². The summed E-state index contributed by atoms with van der Waals surface area (Å²) in [7, 11) is 6.34. The quantitative estimate of drug-likeness (QED) is 0.170. The Kier molecular flexibility index (Phi) is 13.0. The summed E-state index contributed by atoms with van der Waals surface area (Å²) >= 11 is 0. The van der Waals surface area contributed by atoms with Crippen LogP contribution >= 0.6 is 0 Å². The van der Waals surface area contributed by atoms with Gasteiger partial charge in [0.1, 0.15) is 12.6 Å². The van der Waals surface area contributed by atoms with Gasteiger partial charge in [0.15, 0.2) is 0 Å². The van der Waals surface area contributed by atoms with Crippen LogP contribution in [0.3, 0.4) is 0 Å². The SMILES string of the molecule is C=C(C)C(=O)NCCC[N+](C)(C)CC(O)COCCC[Si](OC)(OC)OC. The molecule has 1 amide bonds. The number of hydrogen-bond donors (Lipinski definition) is 2. The summed E-state index contributed by atoms with van der Waals surface area (Å²) in [6, 6.07) is 0.671. The van der Waals surface area contributed by atoms with Gasteiger partial charge in [-0.2, -0.15) is 0 Å². The molecule has 0 saturated carbocycles. The number of amides is 1. The zero-order chi connectivity index (χ0) is 20.9. The van der Waals surface area contributed by atoms with E-state index in [0.717, 1.165) is 19.4 Å². The van der Waals surface area contributed by atoms with Crippen molar-refractivity contribution in [3.8, 4) is 0 Å². The predicted octanol–water partition coefficient (Wildman–Crippen LogP) is 0.791. The summed E-state index contributed by atoms with van der Waals surface area (Å²) in [6.07, 6.45) is 1.03. The fraction of sp³-hybridized carbons (Fsp3) is 0.833. The molecule has 0 saturated heterocycles. The van der Waals surface area contributed by atoms with Crippen LogP contribution in [0.5, 0.6) is 0 Å². The summed E-state index contributed by atoms with van der Waals surface area (Å²) < 4.78 is 22.3. The number of rotatable bonds is 16. The Bertz CT molecular complexity index is 435. The van der Waals surface area contributed by atoms with E-state index in [9.17, 15) is 9.90 Å². The molecule has 0 rings (SSSR count). The maximum absolute atomic E-state index is 11.4. The second kappa shape index (κ2) is 13.4. The van der Waals surface area contributed by atoms with Crippen LogP contribution in [0.25, 0.3) is 0 Å². The van der Waals surface area contributed by atoms with Crippen molar-refractivity contribution in [2.45, 2.75) is 31.9 Å². The first-order chi connectivity index (χ1) is 12.6. The number of nitrogens with zero attached hydrogens (tertiary/aromatic N) is 1. The molecule has 0 fully saturated rings. The van der Waals surface area contributed by atoms with Crippen LogP contribution in [-0.4, -0.2) is 98.7 Å². The molecule has 0 aromatic rings. The Balaban J connectivity index is 3.97. The van der Waals surface area contributed by atoms with Crippen LogP contribution in [0, 0.1) is 0 Å². The van der Waals surface area contributed by atoms with Gasteiger partial charge in [-0.1, -0.05) is 6.58 Å². The smallest absolute Gasteiger partial charge is 0.385 e. The molecule has 27 heavy (non-hydrogen) atoms. The van der Waals surface area contributed by atoms with Gasteiger partial charge in [-0.25, -0.2) is 0 Å². The lowest BCUT2D eigenvalue weighted by molar-refractivity contribution is -0.893. The Morgan fingerprint density at radius 1 is 1.19 bits per heavy atom. The minimum absolute atomic E-state index is 0.115. The Hall–Kier alpha value is -0.813. The van der Waals surface area contributed by atoms with E-state index < -0.39 is 14.9 Å². The average Bonchev–Trinajstić information content (AvgIpc) is 2.61. The minimum Gasteiger partial charge on any atom is -0.385 e. The van der Waals surface area contributed by atoms with Gasteiger partial charge in [-0.3, -0.25) is 4.79 Å². The minimum atomic E-state index is -2.55.